The summed E-state index contributed by atoms with van der Waals surface area (Å²) in [6.45, 7) is 6.24. The molecule has 0 saturated carbocycles. The van der Waals surface area contributed by atoms with Gasteiger partial charge in [0.1, 0.15) is 5.75 Å². The molecule has 226 valence electrons. The maximum atomic E-state index is 13.4. The van der Waals surface area contributed by atoms with Crippen molar-refractivity contribution >= 4 is 35.8 Å². The van der Waals surface area contributed by atoms with E-state index in [1.807, 2.05) is 31.2 Å². The first-order valence-electron chi connectivity index (χ1n) is 15.0. The van der Waals surface area contributed by atoms with Gasteiger partial charge in [0.25, 0.3) is 0 Å². The van der Waals surface area contributed by atoms with Crippen LogP contribution in [0.25, 0.3) is 0 Å². The second-order valence-corrected chi connectivity index (χ2v) is 11.5. The van der Waals surface area contributed by atoms with Crippen molar-refractivity contribution in [2.75, 3.05) is 51.3 Å². The van der Waals surface area contributed by atoms with E-state index in [-0.39, 0.29) is 60.2 Å². The third kappa shape index (κ3) is 6.89. The molecule has 1 N–H and O–H groups in total. The highest BCUT2D eigenvalue weighted by atomic mass is 35.5. The van der Waals surface area contributed by atoms with E-state index in [0.29, 0.717) is 19.5 Å². The van der Waals surface area contributed by atoms with E-state index in [2.05, 4.69) is 27.3 Å². The maximum absolute atomic E-state index is 13.4. The van der Waals surface area contributed by atoms with Crippen LogP contribution < -0.4 is 15.0 Å². The Bertz CT molecular complexity index is 1060. The largest absolute Gasteiger partial charge is 0.495 e. The van der Waals surface area contributed by atoms with Crippen LogP contribution in [0.15, 0.2) is 36.4 Å². The number of fused-ring (bicyclic) bond motifs is 5. The molecule has 3 amide bonds. The first-order valence-corrected chi connectivity index (χ1v) is 15.0. The zero-order chi connectivity index (χ0) is 28.1. The summed E-state index contributed by atoms with van der Waals surface area (Å²) in [5.74, 6) is 0.256. The SMILES string of the molecule is C/C=C/CCCC(CCCNC(=O)CN1CCN(c2ccccc2OC)CC1)N1C(=O)C2C3CCC(O3)C2C1=O.Cl. The molecule has 41 heavy (non-hydrogen) atoms. The van der Waals surface area contributed by atoms with Gasteiger partial charge in [0.05, 0.1) is 43.4 Å². The van der Waals surface area contributed by atoms with Gasteiger partial charge in [-0.2, -0.15) is 0 Å². The zero-order valence-corrected chi connectivity index (χ0v) is 25.2. The number of benzene rings is 1. The minimum atomic E-state index is -0.285. The summed E-state index contributed by atoms with van der Waals surface area (Å²) < 4.78 is 11.4. The number of likely N-dealkylation sites (tertiary alicyclic amines) is 1. The fourth-order valence-electron chi connectivity index (χ4n) is 7.00. The summed E-state index contributed by atoms with van der Waals surface area (Å²) in [5, 5.41) is 3.07. The first kappa shape index (κ1) is 31.3. The quantitative estimate of drug-likeness (QED) is 0.214. The monoisotopic (exact) mass is 588 g/mol. The van der Waals surface area contributed by atoms with Crippen LogP contribution in [-0.2, 0) is 19.1 Å². The Morgan fingerprint density at radius 1 is 1.05 bits per heavy atom. The van der Waals surface area contributed by atoms with E-state index in [0.717, 1.165) is 76.1 Å². The number of halogens is 1. The number of carbonyl (C=O) groups excluding carboxylic acids is 3. The van der Waals surface area contributed by atoms with E-state index >= 15 is 0 Å². The number of allylic oxidation sites excluding steroid dienone is 2. The summed E-state index contributed by atoms with van der Waals surface area (Å²) in [6, 6.07) is 7.92. The predicted molar refractivity (Wildman–Crippen MR) is 160 cm³/mol. The lowest BCUT2D eigenvalue weighted by Gasteiger charge is -2.36. The van der Waals surface area contributed by atoms with Crippen molar-refractivity contribution in [1.29, 1.82) is 0 Å². The molecular weight excluding hydrogens is 544 g/mol. The highest BCUT2D eigenvalue weighted by molar-refractivity contribution is 6.06. The molecule has 0 aliphatic carbocycles. The lowest BCUT2D eigenvalue weighted by molar-refractivity contribution is -0.145. The first-order chi connectivity index (χ1) is 19.5. The van der Waals surface area contributed by atoms with Gasteiger partial charge in [-0.3, -0.25) is 24.2 Å². The van der Waals surface area contributed by atoms with E-state index in [1.165, 1.54) is 0 Å². The van der Waals surface area contributed by atoms with Gasteiger partial charge in [-0.25, -0.2) is 0 Å². The number of hydrogen-bond donors (Lipinski definition) is 1. The van der Waals surface area contributed by atoms with Crippen LogP contribution in [0.3, 0.4) is 0 Å². The average molecular weight is 589 g/mol. The number of nitrogens with zero attached hydrogens (tertiary/aromatic N) is 3. The Balaban J connectivity index is 0.00000387. The van der Waals surface area contributed by atoms with E-state index < -0.39 is 0 Å². The molecule has 4 heterocycles. The number of rotatable bonds is 13. The molecule has 2 bridgehead atoms. The van der Waals surface area contributed by atoms with Gasteiger partial charge in [-0.1, -0.05) is 24.3 Å². The number of hydrogen-bond acceptors (Lipinski definition) is 7. The molecule has 0 aromatic heterocycles. The third-order valence-electron chi connectivity index (χ3n) is 9.03. The van der Waals surface area contributed by atoms with Crippen LogP contribution in [0.4, 0.5) is 5.69 Å². The summed E-state index contributed by atoms with van der Waals surface area (Å²) in [6.07, 6.45) is 9.85. The predicted octanol–water partition coefficient (Wildman–Crippen LogP) is 3.41. The minimum absolute atomic E-state index is 0. The van der Waals surface area contributed by atoms with Crippen molar-refractivity contribution in [2.45, 2.75) is 70.1 Å². The molecule has 9 nitrogen and oxygen atoms in total. The molecule has 5 unspecified atom stereocenters. The second-order valence-electron chi connectivity index (χ2n) is 11.5. The molecule has 4 aliphatic heterocycles. The number of nitrogens with one attached hydrogen (secondary N) is 1. The zero-order valence-electron chi connectivity index (χ0n) is 24.3. The van der Waals surface area contributed by atoms with Crippen molar-refractivity contribution in [3.63, 3.8) is 0 Å². The number of imide groups is 1. The normalized spacial score (nSPS) is 26.4. The minimum Gasteiger partial charge on any atom is -0.495 e. The molecule has 1 aromatic rings. The van der Waals surface area contributed by atoms with Gasteiger partial charge < -0.3 is 19.7 Å². The number of carbonyl (C=O) groups is 3. The molecule has 0 radical (unpaired) electrons. The molecule has 0 spiro atoms. The molecule has 10 heteroatoms. The van der Waals surface area contributed by atoms with Gasteiger partial charge in [-0.15, -0.1) is 12.4 Å². The molecule has 4 fully saturated rings. The summed E-state index contributed by atoms with van der Waals surface area (Å²) in [4.78, 5) is 45.5. The van der Waals surface area contributed by atoms with Crippen LogP contribution in [-0.4, -0.2) is 92.1 Å². The second kappa shape index (κ2) is 14.5. The standard InChI is InChI=1S/C31H44N4O5.ClH/c1-3-4-5-6-10-22(35-30(37)28-25-14-15-26(40-25)29(28)31(35)38)11-9-16-32-27(36)21-33-17-19-34(20-18-33)23-12-7-8-13-24(23)39-2;/h3-4,7-8,12-13,22,25-26,28-29H,5-6,9-11,14-21H2,1-2H3,(H,32,36);1H/b4-3+;. The summed E-state index contributed by atoms with van der Waals surface area (Å²) >= 11 is 0. The van der Waals surface area contributed by atoms with Crippen LogP contribution in [0.1, 0.15) is 51.9 Å². The van der Waals surface area contributed by atoms with E-state index in [4.69, 9.17) is 9.47 Å². The number of para-hydroxylation sites is 2. The van der Waals surface area contributed by atoms with Crippen LogP contribution >= 0.6 is 12.4 Å². The lowest BCUT2D eigenvalue weighted by atomic mass is 9.81. The Morgan fingerprint density at radius 3 is 2.37 bits per heavy atom. The molecule has 1 aromatic carbocycles. The highest BCUT2D eigenvalue weighted by Crippen LogP contribution is 2.49. The van der Waals surface area contributed by atoms with E-state index in [1.54, 1.807) is 12.0 Å². The molecule has 4 saturated heterocycles. The Labute approximate surface area is 250 Å². The number of ether oxygens (including phenoxy) is 2. The smallest absolute Gasteiger partial charge is 0.236 e. The van der Waals surface area contributed by atoms with Crippen LogP contribution in [0.2, 0.25) is 0 Å². The number of unbranched alkanes of at least 4 members (excludes halogenated alkanes) is 1. The molecular formula is C31H45ClN4O5. The van der Waals surface area contributed by atoms with E-state index in [9.17, 15) is 14.4 Å². The average Bonchev–Trinajstić information content (AvgIpc) is 3.66. The lowest BCUT2D eigenvalue weighted by Crippen LogP contribution is -2.49. The third-order valence-corrected chi connectivity index (χ3v) is 9.03. The van der Waals surface area contributed by atoms with Gasteiger partial charge in [0.15, 0.2) is 0 Å². The maximum Gasteiger partial charge on any atom is 0.236 e. The van der Waals surface area contributed by atoms with Gasteiger partial charge in [-0.05, 0) is 64.0 Å². The Morgan fingerprint density at radius 2 is 1.71 bits per heavy atom. The summed E-state index contributed by atoms with van der Waals surface area (Å²) in [5.41, 5.74) is 1.09. The van der Waals surface area contributed by atoms with Crippen molar-refractivity contribution in [3.05, 3.63) is 36.4 Å². The fraction of sp³-hybridized carbons (Fsp3) is 0.645. The molecule has 5 rings (SSSR count). The van der Waals surface area contributed by atoms with Crippen molar-refractivity contribution in [1.82, 2.24) is 15.1 Å². The summed E-state index contributed by atoms with van der Waals surface area (Å²) in [7, 11) is 1.69. The number of anilines is 1. The van der Waals surface area contributed by atoms with Crippen molar-refractivity contribution < 1.29 is 23.9 Å². The topological polar surface area (TPSA) is 91.4 Å². The Hall–Kier alpha value is -2.62. The van der Waals surface area contributed by atoms with Crippen LogP contribution in [0.5, 0.6) is 5.75 Å². The molecule has 4 aliphatic rings. The van der Waals surface area contributed by atoms with Gasteiger partial charge in [0.2, 0.25) is 17.7 Å². The number of methoxy groups -OCH3 is 1. The Kier molecular flexibility index (Phi) is 11.1. The van der Waals surface area contributed by atoms with Crippen molar-refractivity contribution in [2.24, 2.45) is 11.8 Å². The van der Waals surface area contributed by atoms with Crippen LogP contribution in [0, 0.1) is 11.8 Å². The van der Waals surface area contributed by atoms with Gasteiger partial charge >= 0.3 is 0 Å². The molecule has 5 atom stereocenters. The number of amides is 3. The number of piperazine rings is 1. The fourth-order valence-corrected chi connectivity index (χ4v) is 7.00. The van der Waals surface area contributed by atoms with Gasteiger partial charge in [0, 0.05) is 38.8 Å². The van der Waals surface area contributed by atoms with Crippen molar-refractivity contribution in [3.8, 4) is 5.75 Å². The highest BCUT2D eigenvalue weighted by Gasteiger charge is 2.63.